The second kappa shape index (κ2) is 6.20. The third kappa shape index (κ3) is 3.71. The lowest BCUT2D eigenvalue weighted by Gasteiger charge is -2.01. The van der Waals surface area contributed by atoms with E-state index in [0.29, 0.717) is 0 Å². The smallest absolute Gasteiger partial charge is 0.340 e. The molecule has 1 rings (SSSR count). The zero-order valence-electron chi connectivity index (χ0n) is 9.61. The highest BCUT2D eigenvalue weighted by Gasteiger charge is 2.05. The SMILES string of the molecule is COC(=O)/C(C=Nc1ccc(Br)cc1C)=C/N. The molecule has 0 spiro atoms. The highest BCUT2D eigenvalue weighted by molar-refractivity contribution is 9.10. The van der Waals surface area contributed by atoms with Gasteiger partial charge in [-0.3, -0.25) is 4.99 Å². The molecule has 90 valence electrons. The Morgan fingerprint density at radius 2 is 2.24 bits per heavy atom. The Kier molecular flexibility index (Phi) is 4.90. The fourth-order valence-corrected chi connectivity index (χ4v) is 1.66. The van der Waals surface area contributed by atoms with Crippen molar-refractivity contribution in [2.45, 2.75) is 6.92 Å². The zero-order chi connectivity index (χ0) is 12.8. The minimum atomic E-state index is -0.508. The van der Waals surface area contributed by atoms with Crippen LogP contribution in [-0.2, 0) is 9.53 Å². The lowest BCUT2D eigenvalue weighted by atomic mass is 10.2. The van der Waals surface area contributed by atoms with Gasteiger partial charge in [0.25, 0.3) is 0 Å². The van der Waals surface area contributed by atoms with E-state index in [9.17, 15) is 4.79 Å². The molecule has 0 aromatic heterocycles. The van der Waals surface area contributed by atoms with Gasteiger partial charge in [0.2, 0.25) is 0 Å². The van der Waals surface area contributed by atoms with Crippen molar-refractivity contribution < 1.29 is 9.53 Å². The van der Waals surface area contributed by atoms with Crippen molar-refractivity contribution in [3.8, 4) is 0 Å². The number of halogens is 1. The van der Waals surface area contributed by atoms with Gasteiger partial charge in [-0.2, -0.15) is 0 Å². The largest absolute Gasteiger partial charge is 0.465 e. The number of aryl methyl sites for hydroxylation is 1. The van der Waals surface area contributed by atoms with E-state index in [1.807, 2.05) is 25.1 Å². The molecule has 0 unspecified atom stereocenters. The molecule has 0 radical (unpaired) electrons. The van der Waals surface area contributed by atoms with E-state index in [2.05, 4.69) is 25.7 Å². The molecule has 0 atom stereocenters. The van der Waals surface area contributed by atoms with Crippen LogP contribution in [0.1, 0.15) is 5.56 Å². The van der Waals surface area contributed by atoms with Crippen molar-refractivity contribution in [2.75, 3.05) is 7.11 Å². The molecule has 2 N–H and O–H groups in total. The van der Waals surface area contributed by atoms with Gasteiger partial charge < -0.3 is 10.5 Å². The molecule has 0 aliphatic carbocycles. The number of carbonyl (C=O) groups is 1. The molecule has 0 saturated heterocycles. The first-order valence-corrected chi connectivity index (χ1v) is 5.68. The van der Waals surface area contributed by atoms with Crippen molar-refractivity contribution in [2.24, 2.45) is 10.7 Å². The lowest BCUT2D eigenvalue weighted by Crippen LogP contribution is -2.07. The molecule has 1 aromatic rings. The predicted octanol–water partition coefficient (Wildman–Crippen LogP) is 2.48. The minimum absolute atomic E-state index is 0.217. The summed E-state index contributed by atoms with van der Waals surface area (Å²) in [6.45, 7) is 1.93. The Hall–Kier alpha value is -1.62. The van der Waals surface area contributed by atoms with Crippen LogP contribution in [0.15, 0.2) is 39.4 Å². The number of nitrogens with two attached hydrogens (primary N) is 1. The fourth-order valence-electron chi connectivity index (χ4n) is 1.18. The third-order valence-corrected chi connectivity index (χ3v) is 2.60. The number of esters is 1. The Labute approximate surface area is 108 Å². The van der Waals surface area contributed by atoms with Crippen LogP contribution in [0.4, 0.5) is 5.69 Å². The zero-order valence-corrected chi connectivity index (χ0v) is 11.2. The quantitative estimate of drug-likeness (QED) is 0.529. The summed E-state index contributed by atoms with van der Waals surface area (Å²) in [6.07, 6.45) is 2.56. The monoisotopic (exact) mass is 296 g/mol. The summed E-state index contributed by atoms with van der Waals surface area (Å²) >= 11 is 3.37. The van der Waals surface area contributed by atoms with Crippen molar-refractivity contribution in [3.63, 3.8) is 0 Å². The highest BCUT2D eigenvalue weighted by Crippen LogP contribution is 2.22. The molecule has 0 aliphatic heterocycles. The van der Waals surface area contributed by atoms with Gasteiger partial charge in [0.15, 0.2) is 0 Å². The summed E-state index contributed by atoms with van der Waals surface area (Å²) in [5.74, 6) is -0.508. The second-order valence-electron chi connectivity index (χ2n) is 3.30. The van der Waals surface area contributed by atoms with E-state index in [-0.39, 0.29) is 5.57 Å². The molecule has 0 saturated carbocycles. The van der Waals surface area contributed by atoms with Crippen LogP contribution in [0.3, 0.4) is 0 Å². The van der Waals surface area contributed by atoms with E-state index >= 15 is 0 Å². The van der Waals surface area contributed by atoms with Crippen LogP contribution >= 0.6 is 15.9 Å². The van der Waals surface area contributed by atoms with Gasteiger partial charge in [-0.05, 0) is 30.7 Å². The van der Waals surface area contributed by atoms with Gasteiger partial charge in [0, 0.05) is 16.9 Å². The Bertz CT molecular complexity index is 481. The molecule has 17 heavy (non-hydrogen) atoms. The van der Waals surface area contributed by atoms with Gasteiger partial charge >= 0.3 is 5.97 Å². The summed E-state index contributed by atoms with van der Waals surface area (Å²) in [5.41, 5.74) is 7.30. The van der Waals surface area contributed by atoms with Crippen LogP contribution in [0.5, 0.6) is 0 Å². The number of ether oxygens (including phenoxy) is 1. The highest BCUT2D eigenvalue weighted by atomic mass is 79.9. The fraction of sp³-hybridized carbons (Fsp3) is 0.167. The summed E-state index contributed by atoms with van der Waals surface area (Å²) in [6, 6.07) is 5.67. The molecule has 0 bridgehead atoms. The molecule has 0 fully saturated rings. The number of hydrogen-bond donors (Lipinski definition) is 1. The van der Waals surface area contributed by atoms with E-state index < -0.39 is 5.97 Å². The molecule has 1 aromatic carbocycles. The molecule has 5 heteroatoms. The number of rotatable bonds is 3. The molecular formula is C12H13BrN2O2. The maximum absolute atomic E-state index is 11.2. The van der Waals surface area contributed by atoms with Gasteiger partial charge in [-0.15, -0.1) is 0 Å². The molecule has 0 amide bonds. The number of carbonyl (C=O) groups excluding carboxylic acids is 1. The topological polar surface area (TPSA) is 64.7 Å². The summed E-state index contributed by atoms with van der Waals surface area (Å²) in [4.78, 5) is 15.4. The average molecular weight is 297 g/mol. The summed E-state index contributed by atoms with van der Waals surface area (Å²) < 4.78 is 5.54. The number of benzene rings is 1. The summed E-state index contributed by atoms with van der Waals surface area (Å²) in [7, 11) is 1.30. The Morgan fingerprint density at radius 1 is 1.53 bits per heavy atom. The van der Waals surface area contributed by atoms with E-state index in [1.165, 1.54) is 19.5 Å². The van der Waals surface area contributed by atoms with Crippen molar-refractivity contribution in [1.82, 2.24) is 0 Å². The minimum Gasteiger partial charge on any atom is -0.465 e. The molecule has 4 nitrogen and oxygen atoms in total. The van der Waals surface area contributed by atoms with Crippen LogP contribution < -0.4 is 5.73 Å². The van der Waals surface area contributed by atoms with E-state index in [4.69, 9.17) is 5.73 Å². The number of hydrogen-bond acceptors (Lipinski definition) is 4. The van der Waals surface area contributed by atoms with Crippen LogP contribution in [0, 0.1) is 6.92 Å². The third-order valence-electron chi connectivity index (χ3n) is 2.10. The van der Waals surface area contributed by atoms with E-state index in [0.717, 1.165) is 15.7 Å². The van der Waals surface area contributed by atoms with Gasteiger partial charge in [-0.25, -0.2) is 4.79 Å². The van der Waals surface area contributed by atoms with Crippen LogP contribution in [0.25, 0.3) is 0 Å². The van der Waals surface area contributed by atoms with Gasteiger partial charge in [0.1, 0.15) is 0 Å². The van der Waals surface area contributed by atoms with Crippen LogP contribution in [0.2, 0.25) is 0 Å². The first-order chi connectivity index (χ1) is 8.08. The first kappa shape index (κ1) is 13.4. The molecular weight excluding hydrogens is 284 g/mol. The second-order valence-corrected chi connectivity index (χ2v) is 4.22. The number of methoxy groups -OCH3 is 1. The predicted molar refractivity (Wildman–Crippen MR) is 71.3 cm³/mol. The number of nitrogens with zero attached hydrogens (tertiary/aromatic N) is 1. The average Bonchev–Trinajstić information content (AvgIpc) is 2.31. The van der Waals surface area contributed by atoms with Gasteiger partial charge in [-0.1, -0.05) is 15.9 Å². The Balaban J connectivity index is 2.93. The van der Waals surface area contributed by atoms with Gasteiger partial charge in [0.05, 0.1) is 18.4 Å². The van der Waals surface area contributed by atoms with Crippen molar-refractivity contribution in [1.29, 1.82) is 0 Å². The van der Waals surface area contributed by atoms with Crippen LogP contribution in [-0.4, -0.2) is 19.3 Å². The van der Waals surface area contributed by atoms with Crippen molar-refractivity contribution >= 4 is 33.8 Å². The van der Waals surface area contributed by atoms with Crippen molar-refractivity contribution in [3.05, 3.63) is 40.0 Å². The maximum atomic E-state index is 11.2. The Morgan fingerprint density at radius 3 is 2.76 bits per heavy atom. The molecule has 0 heterocycles. The maximum Gasteiger partial charge on any atom is 0.340 e. The standard InChI is InChI=1S/C12H13BrN2O2/c1-8-5-10(13)3-4-11(8)15-7-9(6-14)12(16)17-2/h3-7H,14H2,1-2H3/b9-6+,15-7?. The summed E-state index contributed by atoms with van der Waals surface area (Å²) in [5, 5.41) is 0. The first-order valence-electron chi connectivity index (χ1n) is 4.89. The normalized spacial score (nSPS) is 11.8. The lowest BCUT2D eigenvalue weighted by molar-refractivity contribution is -0.135. The number of aliphatic imine (C=N–C) groups is 1. The van der Waals surface area contributed by atoms with E-state index in [1.54, 1.807) is 0 Å². The molecule has 0 aliphatic rings.